The number of aromatic nitrogens is 4. The van der Waals surface area contributed by atoms with Crippen LogP contribution < -0.4 is 10.1 Å². The number of nitrogens with zero attached hydrogens (tertiary/aromatic N) is 4. The van der Waals surface area contributed by atoms with Gasteiger partial charge in [0, 0.05) is 36.9 Å². The third-order valence-corrected chi connectivity index (χ3v) is 3.27. The van der Waals surface area contributed by atoms with E-state index in [0.29, 0.717) is 18.0 Å². The van der Waals surface area contributed by atoms with E-state index < -0.39 is 0 Å². The van der Waals surface area contributed by atoms with Gasteiger partial charge in [-0.3, -0.25) is 9.36 Å². The van der Waals surface area contributed by atoms with Crippen molar-refractivity contribution >= 4 is 5.91 Å². The van der Waals surface area contributed by atoms with Crippen LogP contribution in [0.5, 0.6) is 5.88 Å². The molecule has 7 heteroatoms. The second kappa shape index (κ2) is 6.69. The van der Waals surface area contributed by atoms with Gasteiger partial charge in [0.05, 0.1) is 7.11 Å². The van der Waals surface area contributed by atoms with Gasteiger partial charge in [0.25, 0.3) is 5.91 Å². The number of nitrogens with one attached hydrogen (secondary N) is 1. The molecule has 7 nitrogen and oxygen atoms in total. The molecule has 0 aliphatic carbocycles. The summed E-state index contributed by atoms with van der Waals surface area (Å²) in [7, 11) is 1.48. The number of amides is 1. The predicted molar refractivity (Wildman–Crippen MR) is 83.3 cm³/mol. The van der Waals surface area contributed by atoms with Crippen LogP contribution in [-0.2, 0) is 6.54 Å². The molecule has 1 N–H and O–H groups in total. The van der Waals surface area contributed by atoms with Gasteiger partial charge in [-0.2, -0.15) is 0 Å². The highest BCUT2D eigenvalue weighted by molar-refractivity contribution is 5.96. The normalized spacial score (nSPS) is 10.3. The van der Waals surface area contributed by atoms with E-state index >= 15 is 0 Å². The first-order valence-electron chi connectivity index (χ1n) is 6.99. The highest BCUT2D eigenvalue weighted by Gasteiger charge is 2.13. The van der Waals surface area contributed by atoms with E-state index in [2.05, 4.69) is 20.3 Å². The highest BCUT2D eigenvalue weighted by atomic mass is 16.5. The van der Waals surface area contributed by atoms with Crippen molar-refractivity contribution in [1.29, 1.82) is 0 Å². The van der Waals surface area contributed by atoms with Crippen LogP contribution in [0.15, 0.2) is 55.4 Å². The zero-order valence-electron chi connectivity index (χ0n) is 12.5. The average Bonchev–Trinajstić information content (AvgIpc) is 3.14. The fourth-order valence-corrected chi connectivity index (χ4v) is 2.18. The molecule has 3 aromatic rings. The van der Waals surface area contributed by atoms with E-state index in [0.717, 1.165) is 11.4 Å². The molecule has 116 valence electrons. The standard InChI is InChI=1S/C16H15N5O2/c1-23-16-13(5-3-7-19-16)15(22)20-10-12-4-2-6-18-14(12)21-9-8-17-11-21/h2-9,11H,10H2,1H3,(H,20,22). The molecule has 0 fully saturated rings. The van der Waals surface area contributed by atoms with Crippen LogP contribution in [-0.4, -0.2) is 32.5 Å². The maximum Gasteiger partial charge on any atom is 0.257 e. The zero-order valence-corrected chi connectivity index (χ0v) is 12.5. The minimum atomic E-state index is -0.254. The Bertz CT molecular complexity index is 802. The summed E-state index contributed by atoms with van der Waals surface area (Å²) in [6.07, 6.45) is 8.42. The molecule has 0 aliphatic rings. The quantitative estimate of drug-likeness (QED) is 0.774. The Labute approximate surface area is 133 Å². The van der Waals surface area contributed by atoms with Crippen molar-refractivity contribution in [1.82, 2.24) is 24.8 Å². The van der Waals surface area contributed by atoms with Gasteiger partial charge in [-0.15, -0.1) is 0 Å². The minimum Gasteiger partial charge on any atom is -0.480 e. The number of pyridine rings is 2. The molecule has 3 rings (SSSR count). The van der Waals surface area contributed by atoms with Crippen molar-refractivity contribution in [3.05, 3.63) is 66.5 Å². The highest BCUT2D eigenvalue weighted by Crippen LogP contribution is 2.14. The van der Waals surface area contributed by atoms with E-state index in [4.69, 9.17) is 4.74 Å². The van der Waals surface area contributed by atoms with Crippen molar-refractivity contribution in [3.8, 4) is 11.7 Å². The largest absolute Gasteiger partial charge is 0.480 e. The summed E-state index contributed by atoms with van der Waals surface area (Å²) in [4.78, 5) is 24.7. The summed E-state index contributed by atoms with van der Waals surface area (Å²) in [5.74, 6) is 0.768. The second-order valence-corrected chi connectivity index (χ2v) is 4.70. The summed E-state index contributed by atoms with van der Waals surface area (Å²) in [5.41, 5.74) is 1.27. The molecule has 0 bridgehead atoms. The second-order valence-electron chi connectivity index (χ2n) is 4.70. The first-order chi connectivity index (χ1) is 11.3. The first-order valence-corrected chi connectivity index (χ1v) is 6.99. The molecule has 23 heavy (non-hydrogen) atoms. The Balaban J connectivity index is 1.78. The molecular weight excluding hydrogens is 294 g/mol. The third-order valence-electron chi connectivity index (χ3n) is 3.27. The molecular formula is C16H15N5O2. The summed E-state index contributed by atoms with van der Waals surface area (Å²) >= 11 is 0. The Morgan fingerprint density at radius 3 is 2.83 bits per heavy atom. The van der Waals surface area contributed by atoms with Crippen molar-refractivity contribution in [2.24, 2.45) is 0 Å². The maximum absolute atomic E-state index is 12.3. The van der Waals surface area contributed by atoms with Gasteiger partial charge < -0.3 is 10.1 Å². The van der Waals surface area contributed by atoms with E-state index in [1.807, 2.05) is 12.1 Å². The molecule has 3 aromatic heterocycles. The van der Waals surface area contributed by atoms with Crippen LogP contribution in [0.3, 0.4) is 0 Å². The van der Waals surface area contributed by atoms with Crippen LogP contribution in [0.25, 0.3) is 5.82 Å². The van der Waals surface area contributed by atoms with Crippen molar-refractivity contribution < 1.29 is 9.53 Å². The van der Waals surface area contributed by atoms with E-state index in [1.54, 1.807) is 47.8 Å². The molecule has 3 heterocycles. The van der Waals surface area contributed by atoms with E-state index in [-0.39, 0.29) is 5.91 Å². The smallest absolute Gasteiger partial charge is 0.257 e. The van der Waals surface area contributed by atoms with Gasteiger partial charge in [-0.1, -0.05) is 6.07 Å². The molecule has 0 radical (unpaired) electrons. The number of rotatable bonds is 5. The van der Waals surface area contributed by atoms with Crippen molar-refractivity contribution in [2.45, 2.75) is 6.54 Å². The first kappa shape index (κ1) is 14.7. The van der Waals surface area contributed by atoms with Gasteiger partial charge in [0.2, 0.25) is 5.88 Å². The van der Waals surface area contributed by atoms with Gasteiger partial charge in [0.1, 0.15) is 17.7 Å². The fourth-order valence-electron chi connectivity index (χ4n) is 2.18. The van der Waals surface area contributed by atoms with E-state index in [9.17, 15) is 4.79 Å². The van der Waals surface area contributed by atoms with Gasteiger partial charge in [-0.05, 0) is 18.2 Å². The Kier molecular flexibility index (Phi) is 4.28. The number of hydrogen-bond acceptors (Lipinski definition) is 5. The number of carbonyl (C=O) groups excluding carboxylic acids is 1. The summed E-state index contributed by atoms with van der Waals surface area (Å²) in [5, 5.41) is 2.86. The number of methoxy groups -OCH3 is 1. The average molecular weight is 309 g/mol. The number of ether oxygens (including phenoxy) is 1. The third kappa shape index (κ3) is 3.18. The molecule has 0 unspecified atom stereocenters. The van der Waals surface area contributed by atoms with Crippen LogP contribution >= 0.6 is 0 Å². The lowest BCUT2D eigenvalue weighted by Crippen LogP contribution is -2.24. The maximum atomic E-state index is 12.3. The summed E-state index contributed by atoms with van der Waals surface area (Å²) in [6, 6.07) is 7.09. The van der Waals surface area contributed by atoms with Gasteiger partial charge >= 0.3 is 0 Å². The molecule has 0 aromatic carbocycles. The SMILES string of the molecule is COc1ncccc1C(=O)NCc1cccnc1-n1ccnc1. The van der Waals surface area contributed by atoms with Gasteiger partial charge in [-0.25, -0.2) is 15.0 Å². The lowest BCUT2D eigenvalue weighted by Gasteiger charge is -2.11. The molecule has 1 amide bonds. The molecule has 0 aliphatic heterocycles. The Morgan fingerprint density at radius 1 is 1.22 bits per heavy atom. The predicted octanol–water partition coefficient (Wildman–Crippen LogP) is 1.60. The van der Waals surface area contributed by atoms with Crippen LogP contribution in [0.4, 0.5) is 0 Å². The van der Waals surface area contributed by atoms with E-state index in [1.165, 1.54) is 7.11 Å². The Hall–Kier alpha value is -3.22. The lowest BCUT2D eigenvalue weighted by molar-refractivity contribution is 0.0947. The minimum absolute atomic E-state index is 0.254. The topological polar surface area (TPSA) is 81.9 Å². The van der Waals surface area contributed by atoms with Crippen LogP contribution in [0.2, 0.25) is 0 Å². The molecule has 0 atom stereocenters. The summed E-state index contributed by atoms with van der Waals surface area (Å²) in [6.45, 7) is 0.332. The number of imidazole rings is 1. The number of hydrogen-bond donors (Lipinski definition) is 1. The monoisotopic (exact) mass is 309 g/mol. The van der Waals surface area contributed by atoms with Crippen molar-refractivity contribution in [3.63, 3.8) is 0 Å². The molecule has 0 saturated heterocycles. The lowest BCUT2D eigenvalue weighted by atomic mass is 10.2. The molecule has 0 spiro atoms. The molecule has 0 saturated carbocycles. The summed E-state index contributed by atoms with van der Waals surface area (Å²) < 4.78 is 6.90. The zero-order chi connectivity index (χ0) is 16.1. The van der Waals surface area contributed by atoms with Gasteiger partial charge in [0.15, 0.2) is 0 Å². The number of carbonyl (C=O) groups is 1. The fraction of sp³-hybridized carbons (Fsp3) is 0.125. The van der Waals surface area contributed by atoms with Crippen LogP contribution in [0, 0.1) is 0 Å². The van der Waals surface area contributed by atoms with Crippen LogP contribution in [0.1, 0.15) is 15.9 Å². The Morgan fingerprint density at radius 2 is 2.04 bits per heavy atom. The van der Waals surface area contributed by atoms with Crippen molar-refractivity contribution in [2.75, 3.05) is 7.11 Å².